The number of nitrogens with zero attached hydrogens (tertiary/aromatic N) is 3. The molecule has 6 heteroatoms. The zero-order chi connectivity index (χ0) is 13.2. The summed E-state index contributed by atoms with van der Waals surface area (Å²) in [5.74, 6) is -1.07. The summed E-state index contributed by atoms with van der Waals surface area (Å²) in [6.45, 7) is 0. The van der Waals surface area contributed by atoms with Crippen LogP contribution >= 0.6 is 0 Å². The number of hydrogen-bond acceptors (Lipinski definition) is 4. The zero-order valence-electron chi connectivity index (χ0n) is 9.55. The Bertz CT molecular complexity index is 713. The van der Waals surface area contributed by atoms with E-state index in [1.165, 1.54) is 0 Å². The van der Waals surface area contributed by atoms with E-state index in [9.17, 15) is 8.78 Å². The molecule has 19 heavy (non-hydrogen) atoms. The third-order valence-corrected chi connectivity index (χ3v) is 2.48. The van der Waals surface area contributed by atoms with Gasteiger partial charge in [0, 0.05) is 6.20 Å². The van der Waals surface area contributed by atoms with Crippen LogP contribution < -0.4 is 0 Å². The Kier molecular flexibility index (Phi) is 2.75. The number of hydrogen-bond donors (Lipinski definition) is 0. The second-order valence-electron chi connectivity index (χ2n) is 3.76. The molecule has 0 spiro atoms. The number of rotatable bonds is 2. The van der Waals surface area contributed by atoms with E-state index in [-0.39, 0.29) is 17.3 Å². The Morgan fingerprint density at radius 3 is 2.74 bits per heavy atom. The lowest BCUT2D eigenvalue weighted by Crippen LogP contribution is -1.87. The van der Waals surface area contributed by atoms with Gasteiger partial charge in [0.2, 0.25) is 5.82 Å². The van der Waals surface area contributed by atoms with Crippen molar-refractivity contribution < 1.29 is 13.3 Å². The minimum absolute atomic E-state index is 0.0744. The summed E-state index contributed by atoms with van der Waals surface area (Å²) in [5, 5.41) is 3.70. The Morgan fingerprint density at radius 1 is 1.05 bits per heavy atom. The normalized spacial score (nSPS) is 10.6. The van der Waals surface area contributed by atoms with Crippen molar-refractivity contribution in [2.24, 2.45) is 0 Å². The summed E-state index contributed by atoms with van der Waals surface area (Å²) >= 11 is 0. The van der Waals surface area contributed by atoms with Crippen molar-refractivity contribution in [1.29, 1.82) is 0 Å². The van der Waals surface area contributed by atoms with Gasteiger partial charge in [0.1, 0.15) is 17.3 Å². The monoisotopic (exact) mass is 259 g/mol. The molecule has 0 saturated heterocycles. The third kappa shape index (κ3) is 2.20. The van der Waals surface area contributed by atoms with Crippen molar-refractivity contribution in [3.05, 3.63) is 54.2 Å². The van der Waals surface area contributed by atoms with Crippen LogP contribution in [0.25, 0.3) is 23.0 Å². The van der Waals surface area contributed by atoms with Crippen LogP contribution in [-0.2, 0) is 0 Å². The first-order chi connectivity index (χ1) is 9.24. The van der Waals surface area contributed by atoms with Gasteiger partial charge in [-0.15, -0.1) is 0 Å². The fourth-order valence-corrected chi connectivity index (χ4v) is 1.59. The topological polar surface area (TPSA) is 51.8 Å². The van der Waals surface area contributed by atoms with Crippen molar-refractivity contribution >= 4 is 0 Å². The first kappa shape index (κ1) is 11.5. The van der Waals surface area contributed by atoms with Crippen molar-refractivity contribution in [1.82, 2.24) is 15.1 Å². The van der Waals surface area contributed by atoms with Crippen LogP contribution in [0.2, 0.25) is 0 Å². The van der Waals surface area contributed by atoms with E-state index >= 15 is 0 Å². The van der Waals surface area contributed by atoms with Crippen LogP contribution in [0.3, 0.4) is 0 Å². The molecule has 94 valence electrons. The van der Waals surface area contributed by atoms with E-state index in [1.54, 1.807) is 24.4 Å². The molecule has 0 bridgehead atoms. The zero-order valence-corrected chi connectivity index (χ0v) is 9.55. The van der Waals surface area contributed by atoms with Gasteiger partial charge in [-0.25, -0.2) is 8.78 Å². The van der Waals surface area contributed by atoms with Crippen LogP contribution in [0.15, 0.2) is 47.1 Å². The maximum atomic E-state index is 13.6. The van der Waals surface area contributed by atoms with Crippen molar-refractivity contribution in [2.45, 2.75) is 0 Å². The van der Waals surface area contributed by atoms with Gasteiger partial charge in [-0.2, -0.15) is 4.98 Å². The molecule has 0 unspecified atom stereocenters. The quantitative estimate of drug-likeness (QED) is 0.709. The lowest BCUT2D eigenvalue weighted by Gasteiger charge is -1.96. The summed E-state index contributed by atoms with van der Waals surface area (Å²) in [6, 6.07) is 8.24. The van der Waals surface area contributed by atoms with E-state index in [4.69, 9.17) is 4.52 Å². The Morgan fingerprint density at radius 2 is 1.95 bits per heavy atom. The van der Waals surface area contributed by atoms with Crippen molar-refractivity contribution in [3.63, 3.8) is 0 Å². The molecule has 2 heterocycles. The average Bonchev–Trinajstić information content (AvgIpc) is 2.92. The summed E-state index contributed by atoms with van der Waals surface area (Å²) < 4.78 is 31.6. The number of halogens is 2. The predicted octanol–water partition coefficient (Wildman–Crippen LogP) is 3.08. The fraction of sp³-hybridized carbons (Fsp3) is 0. The van der Waals surface area contributed by atoms with E-state index < -0.39 is 11.6 Å². The van der Waals surface area contributed by atoms with Crippen molar-refractivity contribution in [3.8, 4) is 23.0 Å². The Balaban J connectivity index is 2.04. The fourth-order valence-electron chi connectivity index (χ4n) is 1.59. The van der Waals surface area contributed by atoms with Gasteiger partial charge < -0.3 is 4.52 Å². The number of benzene rings is 1. The van der Waals surface area contributed by atoms with Gasteiger partial charge in [0.15, 0.2) is 0 Å². The Hall–Kier alpha value is -2.63. The van der Waals surface area contributed by atoms with Crippen LogP contribution in [0, 0.1) is 11.6 Å². The van der Waals surface area contributed by atoms with Gasteiger partial charge in [-0.1, -0.05) is 11.2 Å². The van der Waals surface area contributed by atoms with Gasteiger partial charge in [0.25, 0.3) is 5.89 Å². The van der Waals surface area contributed by atoms with Crippen molar-refractivity contribution in [2.75, 3.05) is 0 Å². The van der Waals surface area contributed by atoms with Gasteiger partial charge in [-0.3, -0.25) is 4.98 Å². The lowest BCUT2D eigenvalue weighted by atomic mass is 10.2. The standard InChI is InChI=1S/C13H7F2N3O/c14-8-4-5-10(15)9(7-8)13-17-12(18-19-13)11-3-1-2-6-16-11/h1-7H. The summed E-state index contributed by atoms with van der Waals surface area (Å²) in [4.78, 5) is 8.05. The highest BCUT2D eigenvalue weighted by Gasteiger charge is 2.15. The summed E-state index contributed by atoms with van der Waals surface area (Å²) in [7, 11) is 0. The molecule has 3 aromatic rings. The molecule has 0 fully saturated rings. The number of aromatic nitrogens is 3. The predicted molar refractivity (Wildman–Crippen MR) is 62.9 cm³/mol. The van der Waals surface area contributed by atoms with Crippen LogP contribution in [-0.4, -0.2) is 15.1 Å². The lowest BCUT2D eigenvalue weighted by molar-refractivity contribution is 0.429. The maximum absolute atomic E-state index is 13.6. The SMILES string of the molecule is Fc1ccc(F)c(-c2nc(-c3ccccn3)no2)c1. The van der Waals surface area contributed by atoms with E-state index in [2.05, 4.69) is 15.1 Å². The highest BCUT2D eigenvalue weighted by molar-refractivity contribution is 5.57. The van der Waals surface area contributed by atoms with Gasteiger partial charge >= 0.3 is 0 Å². The second-order valence-corrected chi connectivity index (χ2v) is 3.76. The molecule has 1 aromatic carbocycles. The van der Waals surface area contributed by atoms with Gasteiger partial charge in [-0.05, 0) is 30.3 Å². The van der Waals surface area contributed by atoms with E-state index in [0.717, 1.165) is 18.2 Å². The molecule has 0 radical (unpaired) electrons. The van der Waals surface area contributed by atoms with Gasteiger partial charge in [0.05, 0.1) is 5.56 Å². The minimum atomic E-state index is -0.627. The van der Waals surface area contributed by atoms with Crippen LogP contribution in [0.4, 0.5) is 8.78 Å². The molecule has 0 atom stereocenters. The smallest absolute Gasteiger partial charge is 0.261 e. The molecule has 4 nitrogen and oxygen atoms in total. The molecular weight excluding hydrogens is 252 g/mol. The molecular formula is C13H7F2N3O. The maximum Gasteiger partial charge on any atom is 0.261 e. The second kappa shape index (κ2) is 4.56. The van der Waals surface area contributed by atoms with E-state index in [0.29, 0.717) is 5.69 Å². The molecule has 0 aliphatic rings. The molecule has 0 amide bonds. The summed E-state index contributed by atoms with van der Waals surface area (Å²) in [6.07, 6.45) is 1.58. The molecule has 2 aromatic heterocycles. The summed E-state index contributed by atoms with van der Waals surface area (Å²) in [5.41, 5.74) is 0.420. The first-order valence-electron chi connectivity index (χ1n) is 5.44. The van der Waals surface area contributed by atoms with Crippen LogP contribution in [0.5, 0.6) is 0 Å². The molecule has 0 aliphatic carbocycles. The van der Waals surface area contributed by atoms with E-state index in [1.807, 2.05) is 0 Å². The highest BCUT2D eigenvalue weighted by atomic mass is 19.1. The van der Waals surface area contributed by atoms with Crippen LogP contribution in [0.1, 0.15) is 0 Å². The molecule has 0 aliphatic heterocycles. The first-order valence-corrected chi connectivity index (χ1v) is 5.44. The minimum Gasteiger partial charge on any atom is -0.333 e. The largest absolute Gasteiger partial charge is 0.333 e. The number of pyridine rings is 1. The third-order valence-electron chi connectivity index (χ3n) is 2.48. The highest BCUT2D eigenvalue weighted by Crippen LogP contribution is 2.24. The molecule has 0 N–H and O–H groups in total. The Labute approximate surface area is 106 Å². The molecule has 3 rings (SSSR count). The average molecular weight is 259 g/mol. The molecule has 0 saturated carbocycles.